The predicted octanol–water partition coefficient (Wildman–Crippen LogP) is 18.5. The molecule has 0 aliphatic rings. The van der Waals surface area contributed by atoms with Crippen molar-refractivity contribution in [2.75, 3.05) is 76.5 Å². The summed E-state index contributed by atoms with van der Waals surface area (Å²) >= 11 is 0. The molecule has 0 N–H and O–H groups in total. The largest absolute Gasteiger partial charge is 0.497 e. The third kappa shape index (κ3) is 10.0. The third-order valence-corrected chi connectivity index (χ3v) is 15.4. The predicted molar refractivity (Wildman–Crippen MR) is 341 cm³/mol. The Morgan fingerprint density at radius 3 is 0.429 bits per heavy atom. The zero-order chi connectivity index (χ0) is 57.8. The first kappa shape index (κ1) is 53.9. The smallest absolute Gasteiger partial charge is 0.119 e. The molecule has 0 saturated heterocycles. The SMILES string of the molecule is COc1ccc(N(c2ccc(OC)cc2)c2cc(N(c3ccc(OC)cc3)c3ccc(OC)cc3)c3ccc4c(N(c5ccc(OC)cc5)c5ccc(OC)cc5)cc(N(c5ccc(OC)cc5)c5ccc(OC)cc5)c5ccc2c3c54)cc1. The lowest BCUT2D eigenvalue weighted by atomic mass is 9.89. The number of rotatable bonds is 20. The van der Waals surface area contributed by atoms with Gasteiger partial charge in [0, 0.05) is 77.8 Å². The van der Waals surface area contributed by atoms with Crippen molar-refractivity contribution in [2.24, 2.45) is 0 Å². The number of benzene rings is 12. The van der Waals surface area contributed by atoms with E-state index in [0.717, 1.165) is 147 Å². The summed E-state index contributed by atoms with van der Waals surface area (Å²) in [5.41, 5.74) is 11.0. The number of methoxy groups -OCH3 is 8. The van der Waals surface area contributed by atoms with Crippen LogP contribution in [0.2, 0.25) is 0 Å². The van der Waals surface area contributed by atoms with E-state index in [1.54, 1.807) is 56.9 Å². The van der Waals surface area contributed by atoms with Gasteiger partial charge in [-0.3, -0.25) is 0 Å². The Hall–Kier alpha value is -10.7. The Bertz CT molecular complexity index is 3470. The van der Waals surface area contributed by atoms with Crippen LogP contribution in [0.1, 0.15) is 0 Å². The van der Waals surface area contributed by atoms with E-state index in [0.29, 0.717) is 0 Å². The molecule has 12 rings (SSSR count). The molecule has 0 radical (unpaired) electrons. The van der Waals surface area contributed by atoms with Gasteiger partial charge in [0.2, 0.25) is 0 Å². The summed E-state index contributed by atoms with van der Waals surface area (Å²) in [7, 11) is 13.5. The molecule has 0 spiro atoms. The van der Waals surface area contributed by atoms with Crippen molar-refractivity contribution in [3.8, 4) is 46.0 Å². The molecule has 0 aliphatic heterocycles. The van der Waals surface area contributed by atoms with Crippen molar-refractivity contribution < 1.29 is 37.9 Å². The van der Waals surface area contributed by atoms with Gasteiger partial charge in [0.05, 0.1) is 79.6 Å². The molecule has 0 fully saturated rings. The van der Waals surface area contributed by atoms with Crippen molar-refractivity contribution in [3.05, 3.63) is 231 Å². The summed E-state index contributed by atoms with van der Waals surface area (Å²) in [5, 5.41) is 6.10. The molecule has 418 valence electrons. The fraction of sp³-hybridized carbons (Fsp3) is 0.111. The normalized spacial score (nSPS) is 11.1. The van der Waals surface area contributed by atoms with Gasteiger partial charge in [0.1, 0.15) is 46.0 Å². The van der Waals surface area contributed by atoms with E-state index in [9.17, 15) is 0 Å². The van der Waals surface area contributed by atoms with Crippen LogP contribution < -0.4 is 57.5 Å². The monoisotopic (exact) mass is 1110 g/mol. The van der Waals surface area contributed by atoms with Crippen LogP contribution in [0, 0.1) is 0 Å². The fourth-order valence-corrected chi connectivity index (χ4v) is 11.2. The van der Waals surface area contributed by atoms with E-state index in [2.05, 4.69) is 153 Å². The van der Waals surface area contributed by atoms with Gasteiger partial charge in [-0.1, -0.05) is 24.3 Å². The van der Waals surface area contributed by atoms with Crippen LogP contribution in [-0.4, -0.2) is 56.9 Å². The minimum atomic E-state index is 0.742. The first-order chi connectivity index (χ1) is 41.3. The molecular formula is C72H62N4O8. The summed E-state index contributed by atoms with van der Waals surface area (Å²) in [6, 6.07) is 79.4. The molecule has 12 aromatic rings. The Kier molecular flexibility index (Phi) is 15.0. The molecule has 0 aromatic heterocycles. The highest BCUT2D eigenvalue weighted by Crippen LogP contribution is 2.55. The van der Waals surface area contributed by atoms with Crippen molar-refractivity contribution in [2.45, 2.75) is 0 Å². The van der Waals surface area contributed by atoms with Crippen LogP contribution in [0.15, 0.2) is 231 Å². The van der Waals surface area contributed by atoms with Gasteiger partial charge in [-0.15, -0.1) is 0 Å². The Morgan fingerprint density at radius 1 is 0.179 bits per heavy atom. The molecule has 12 nitrogen and oxygen atoms in total. The van der Waals surface area contributed by atoms with Crippen LogP contribution in [0.25, 0.3) is 32.3 Å². The van der Waals surface area contributed by atoms with E-state index in [-0.39, 0.29) is 0 Å². The summed E-state index contributed by atoms with van der Waals surface area (Å²) in [4.78, 5) is 9.27. The van der Waals surface area contributed by atoms with Crippen molar-refractivity contribution in [3.63, 3.8) is 0 Å². The summed E-state index contributed by atoms with van der Waals surface area (Å²) in [5.74, 6) is 5.94. The average molecular weight is 1110 g/mol. The van der Waals surface area contributed by atoms with Crippen LogP contribution in [-0.2, 0) is 0 Å². The second-order valence-electron chi connectivity index (χ2n) is 19.8. The van der Waals surface area contributed by atoms with Gasteiger partial charge in [-0.2, -0.15) is 0 Å². The van der Waals surface area contributed by atoms with Crippen molar-refractivity contribution >= 4 is 101 Å². The summed E-state index contributed by atoms with van der Waals surface area (Å²) in [6.45, 7) is 0. The van der Waals surface area contributed by atoms with E-state index >= 15 is 0 Å². The van der Waals surface area contributed by atoms with E-state index in [4.69, 9.17) is 37.9 Å². The molecule has 0 atom stereocenters. The van der Waals surface area contributed by atoms with Gasteiger partial charge >= 0.3 is 0 Å². The Morgan fingerprint density at radius 2 is 0.310 bits per heavy atom. The zero-order valence-corrected chi connectivity index (χ0v) is 48.0. The zero-order valence-electron chi connectivity index (χ0n) is 48.0. The molecule has 0 saturated carbocycles. The maximum Gasteiger partial charge on any atom is 0.119 e. The van der Waals surface area contributed by atoms with Gasteiger partial charge < -0.3 is 57.5 Å². The van der Waals surface area contributed by atoms with Crippen LogP contribution in [0.5, 0.6) is 46.0 Å². The highest BCUT2D eigenvalue weighted by atomic mass is 16.5. The van der Waals surface area contributed by atoms with E-state index in [1.807, 2.05) is 97.1 Å². The van der Waals surface area contributed by atoms with E-state index in [1.165, 1.54) is 0 Å². The first-order valence-corrected chi connectivity index (χ1v) is 27.4. The number of nitrogens with zero attached hydrogens (tertiary/aromatic N) is 4. The third-order valence-electron chi connectivity index (χ3n) is 15.4. The summed E-state index contributed by atoms with van der Waals surface area (Å²) < 4.78 is 46.1. The quantitative estimate of drug-likeness (QED) is 0.0681. The van der Waals surface area contributed by atoms with Gasteiger partial charge in [0.15, 0.2) is 0 Å². The number of hydrogen-bond acceptors (Lipinski definition) is 12. The molecule has 84 heavy (non-hydrogen) atoms. The van der Waals surface area contributed by atoms with Gasteiger partial charge in [-0.25, -0.2) is 0 Å². The molecular weight excluding hydrogens is 1050 g/mol. The van der Waals surface area contributed by atoms with Crippen molar-refractivity contribution in [1.29, 1.82) is 0 Å². The first-order valence-electron chi connectivity index (χ1n) is 27.4. The van der Waals surface area contributed by atoms with Crippen LogP contribution >= 0.6 is 0 Å². The number of hydrogen-bond donors (Lipinski definition) is 0. The molecule has 12 heteroatoms. The molecule has 0 unspecified atom stereocenters. The maximum atomic E-state index is 5.76. The van der Waals surface area contributed by atoms with E-state index < -0.39 is 0 Å². The maximum absolute atomic E-state index is 5.76. The average Bonchev–Trinajstić information content (AvgIpc) is 1.38. The van der Waals surface area contributed by atoms with Crippen molar-refractivity contribution in [1.82, 2.24) is 0 Å². The second-order valence-corrected chi connectivity index (χ2v) is 19.8. The Balaban J connectivity index is 1.28. The minimum absolute atomic E-state index is 0.742. The molecule has 12 aromatic carbocycles. The number of ether oxygens (including phenoxy) is 8. The minimum Gasteiger partial charge on any atom is -0.497 e. The standard InChI is InChI=1S/C72H62N4O8/c1-77-55-25-9-47(10-26-55)73(48-11-27-56(78-2)28-12-48)67-45-68(74(49-13-29-57(79-3)30-14-49)50-15-31-58(80-4)32-16-50)64-43-44-66-70(76(53-21-37-61(83-7)38-22-53)54-23-39-62(84-8)40-24-54)46-69(65-42-41-63(67)71(64)72(65)66)75(51-17-33-59(81-5)34-18-51)52-19-35-60(82-6)36-20-52/h9-46H,1-8H3. The highest BCUT2D eigenvalue weighted by molar-refractivity contribution is 6.33. The molecule has 0 aliphatic carbocycles. The lowest BCUT2D eigenvalue weighted by Crippen LogP contribution is -2.16. The second kappa shape index (κ2) is 23.4. The Labute approximate surface area is 489 Å². The molecule has 0 bridgehead atoms. The molecule has 0 amide bonds. The lowest BCUT2D eigenvalue weighted by Gasteiger charge is -2.34. The highest BCUT2D eigenvalue weighted by Gasteiger charge is 2.29. The van der Waals surface area contributed by atoms with Gasteiger partial charge in [-0.05, 0) is 206 Å². The number of anilines is 12. The van der Waals surface area contributed by atoms with Crippen LogP contribution in [0.3, 0.4) is 0 Å². The molecule has 0 heterocycles. The fourth-order valence-electron chi connectivity index (χ4n) is 11.2. The topological polar surface area (TPSA) is 86.8 Å². The van der Waals surface area contributed by atoms with Crippen LogP contribution in [0.4, 0.5) is 68.2 Å². The lowest BCUT2D eigenvalue weighted by molar-refractivity contribution is 0.414. The van der Waals surface area contributed by atoms with Gasteiger partial charge in [0.25, 0.3) is 0 Å². The summed E-state index contributed by atoms with van der Waals surface area (Å²) in [6.07, 6.45) is 0.